The van der Waals surface area contributed by atoms with Crippen LogP contribution in [0.15, 0.2) is 64.9 Å². The number of aliphatic carboxylic acids is 1. The average molecular weight is 430 g/mol. The Bertz CT molecular complexity index is 899. The number of benzene rings is 2. The van der Waals surface area contributed by atoms with E-state index in [4.69, 9.17) is 10.4 Å². The van der Waals surface area contributed by atoms with Crippen molar-refractivity contribution in [3.05, 3.63) is 76.2 Å². The van der Waals surface area contributed by atoms with Crippen molar-refractivity contribution in [1.29, 1.82) is 0 Å². The van der Waals surface area contributed by atoms with Gasteiger partial charge in [0.2, 0.25) is 0 Å². The maximum Gasteiger partial charge on any atom is 0.307 e. The zero-order chi connectivity index (χ0) is 20.5. The van der Waals surface area contributed by atoms with E-state index in [-0.39, 0.29) is 18.3 Å². The Morgan fingerprint density at radius 2 is 1.87 bits per heavy atom. The van der Waals surface area contributed by atoms with Crippen molar-refractivity contribution in [3.8, 4) is 0 Å². The number of azide groups is 1. The van der Waals surface area contributed by atoms with Gasteiger partial charge >= 0.3 is 5.97 Å². The van der Waals surface area contributed by atoms with Gasteiger partial charge in [0.25, 0.3) is 0 Å². The van der Waals surface area contributed by atoms with Crippen LogP contribution in [0.5, 0.6) is 0 Å². The topological polar surface area (TPSA) is 111 Å². The molecular weight excluding hydrogens is 406 g/mol. The fraction of sp³-hybridized carbons (Fsp3) is 0.333. The minimum Gasteiger partial charge on any atom is -0.481 e. The molecule has 0 spiro atoms. The summed E-state index contributed by atoms with van der Waals surface area (Å²) in [6.07, 6.45) is 1.61. The Morgan fingerprint density at radius 1 is 1.17 bits per heavy atom. The second-order valence-electron chi connectivity index (χ2n) is 6.85. The van der Waals surface area contributed by atoms with Crippen LogP contribution in [0.1, 0.15) is 24.0 Å². The van der Waals surface area contributed by atoms with E-state index in [0.29, 0.717) is 31.1 Å². The van der Waals surface area contributed by atoms with Gasteiger partial charge in [0, 0.05) is 34.8 Å². The van der Waals surface area contributed by atoms with E-state index < -0.39 is 5.97 Å². The van der Waals surface area contributed by atoms with E-state index in [2.05, 4.69) is 20.1 Å². The first kappa shape index (κ1) is 23.2. The first-order chi connectivity index (χ1) is 14.2. The van der Waals surface area contributed by atoms with Gasteiger partial charge in [0.15, 0.2) is 0 Å². The maximum atomic E-state index is 11.2. The number of piperidine rings is 1. The standard InChI is InChI=1S/C21H23N5O3.ClH/c22-25-23-19-10-8-17(9-11-19)20(16-5-2-1-3-6-16)24-29-14-13-26-12-4-7-18(15-26)21(27)28;/h1-3,5-6,8-11,18H,4,7,12-15H2,(H,27,28);1H/b24-20-;. The second kappa shape index (κ2) is 11.8. The van der Waals surface area contributed by atoms with Crippen LogP contribution in [0, 0.1) is 5.92 Å². The molecule has 1 heterocycles. The highest BCUT2D eigenvalue weighted by Gasteiger charge is 2.25. The molecule has 2 aromatic rings. The SMILES string of the molecule is Cl.[N-]=[N+]=Nc1ccc(/C(=N\OCCN2CCCC(C(=O)O)C2)c2ccccc2)cc1. The number of rotatable bonds is 8. The van der Waals surface area contributed by atoms with E-state index in [9.17, 15) is 9.90 Å². The molecule has 0 bridgehead atoms. The zero-order valence-electron chi connectivity index (χ0n) is 16.4. The molecule has 1 saturated heterocycles. The highest BCUT2D eigenvalue weighted by molar-refractivity contribution is 6.12. The fourth-order valence-corrected chi connectivity index (χ4v) is 3.35. The molecule has 158 valence electrons. The highest BCUT2D eigenvalue weighted by Crippen LogP contribution is 2.18. The lowest BCUT2D eigenvalue weighted by Crippen LogP contribution is -2.40. The number of carbonyl (C=O) groups is 1. The maximum absolute atomic E-state index is 11.2. The summed E-state index contributed by atoms with van der Waals surface area (Å²) in [5.74, 6) is -1.04. The van der Waals surface area contributed by atoms with E-state index in [1.165, 1.54) is 0 Å². The summed E-state index contributed by atoms with van der Waals surface area (Å²) in [5.41, 5.74) is 11.5. The molecule has 9 heteroatoms. The van der Waals surface area contributed by atoms with Gasteiger partial charge in [0.1, 0.15) is 12.3 Å². The Kier molecular flexibility index (Phi) is 9.15. The minimum absolute atomic E-state index is 0. The molecule has 0 aliphatic carbocycles. The van der Waals surface area contributed by atoms with Gasteiger partial charge in [-0.25, -0.2) is 0 Å². The largest absolute Gasteiger partial charge is 0.481 e. The number of carboxylic acid groups (broad SMARTS) is 1. The number of nitrogens with zero attached hydrogens (tertiary/aromatic N) is 5. The summed E-state index contributed by atoms with van der Waals surface area (Å²) >= 11 is 0. The number of hydrogen-bond donors (Lipinski definition) is 1. The van der Waals surface area contributed by atoms with Crippen LogP contribution in [0.25, 0.3) is 10.4 Å². The molecule has 1 unspecified atom stereocenters. The predicted molar refractivity (Wildman–Crippen MR) is 117 cm³/mol. The molecular formula is C21H24ClN5O3. The quantitative estimate of drug-likeness (QED) is 0.165. The van der Waals surface area contributed by atoms with E-state index >= 15 is 0 Å². The van der Waals surface area contributed by atoms with Crippen LogP contribution in [-0.4, -0.2) is 47.9 Å². The Labute approximate surface area is 181 Å². The van der Waals surface area contributed by atoms with Gasteiger partial charge in [-0.05, 0) is 24.9 Å². The number of halogens is 1. The van der Waals surface area contributed by atoms with Gasteiger partial charge in [-0.3, -0.25) is 9.69 Å². The molecule has 2 aromatic carbocycles. The minimum atomic E-state index is -0.732. The predicted octanol–water partition coefficient (Wildman–Crippen LogP) is 4.62. The van der Waals surface area contributed by atoms with E-state index in [1.807, 2.05) is 42.5 Å². The molecule has 1 fully saturated rings. The highest BCUT2D eigenvalue weighted by atomic mass is 35.5. The summed E-state index contributed by atoms with van der Waals surface area (Å²) in [7, 11) is 0. The fourth-order valence-electron chi connectivity index (χ4n) is 3.35. The van der Waals surface area contributed by atoms with Crippen molar-refractivity contribution in [1.82, 2.24) is 4.90 Å². The van der Waals surface area contributed by atoms with Gasteiger partial charge in [0.05, 0.1) is 5.92 Å². The first-order valence-corrected chi connectivity index (χ1v) is 9.53. The molecule has 1 aliphatic rings. The summed E-state index contributed by atoms with van der Waals surface area (Å²) in [5, 5.41) is 17.1. The molecule has 0 amide bonds. The number of hydrogen-bond acceptors (Lipinski definition) is 5. The van der Waals surface area contributed by atoms with Gasteiger partial charge in [-0.15, -0.1) is 12.4 Å². The van der Waals surface area contributed by atoms with Crippen LogP contribution in [0.3, 0.4) is 0 Å². The van der Waals surface area contributed by atoms with Gasteiger partial charge in [-0.2, -0.15) is 0 Å². The van der Waals surface area contributed by atoms with Crippen LogP contribution in [0.2, 0.25) is 0 Å². The van der Waals surface area contributed by atoms with Crippen LogP contribution in [0.4, 0.5) is 5.69 Å². The van der Waals surface area contributed by atoms with Crippen molar-refractivity contribution in [3.63, 3.8) is 0 Å². The first-order valence-electron chi connectivity index (χ1n) is 9.53. The molecule has 1 N–H and O–H groups in total. The number of carboxylic acids is 1. The third-order valence-electron chi connectivity index (χ3n) is 4.86. The lowest BCUT2D eigenvalue weighted by Gasteiger charge is -2.29. The molecule has 0 saturated carbocycles. The van der Waals surface area contributed by atoms with Crippen molar-refractivity contribution in [2.75, 3.05) is 26.2 Å². The lowest BCUT2D eigenvalue weighted by molar-refractivity contribution is -0.143. The smallest absolute Gasteiger partial charge is 0.307 e. The van der Waals surface area contributed by atoms with Crippen molar-refractivity contribution in [2.45, 2.75) is 12.8 Å². The summed E-state index contributed by atoms with van der Waals surface area (Å²) in [6, 6.07) is 16.8. The third kappa shape index (κ3) is 6.49. The molecule has 0 radical (unpaired) electrons. The van der Waals surface area contributed by atoms with Crippen LogP contribution in [-0.2, 0) is 9.63 Å². The van der Waals surface area contributed by atoms with Crippen molar-refractivity contribution < 1.29 is 14.7 Å². The van der Waals surface area contributed by atoms with Gasteiger partial charge in [-0.1, -0.05) is 64.9 Å². The molecule has 0 aromatic heterocycles. The van der Waals surface area contributed by atoms with Crippen molar-refractivity contribution in [2.24, 2.45) is 16.2 Å². The Morgan fingerprint density at radius 3 is 2.53 bits per heavy atom. The molecule has 3 rings (SSSR count). The lowest BCUT2D eigenvalue weighted by atomic mass is 9.98. The molecule has 1 atom stereocenters. The van der Waals surface area contributed by atoms with E-state index in [1.54, 1.807) is 12.1 Å². The molecule has 30 heavy (non-hydrogen) atoms. The summed E-state index contributed by atoms with van der Waals surface area (Å²) in [4.78, 5) is 21.7. The Balaban J connectivity index is 0.00000320. The average Bonchev–Trinajstić information content (AvgIpc) is 2.75. The van der Waals surface area contributed by atoms with Crippen molar-refractivity contribution >= 4 is 29.8 Å². The number of likely N-dealkylation sites (tertiary alicyclic amines) is 1. The van der Waals surface area contributed by atoms with Gasteiger partial charge < -0.3 is 9.94 Å². The zero-order valence-corrected chi connectivity index (χ0v) is 17.2. The second-order valence-corrected chi connectivity index (χ2v) is 6.85. The normalized spacial score (nSPS) is 16.8. The number of oxime groups is 1. The van der Waals surface area contributed by atoms with E-state index in [0.717, 1.165) is 30.5 Å². The third-order valence-corrected chi connectivity index (χ3v) is 4.86. The Hall–Kier alpha value is -3.06. The molecule has 8 nitrogen and oxygen atoms in total. The summed E-state index contributed by atoms with van der Waals surface area (Å²) < 4.78 is 0. The monoisotopic (exact) mass is 429 g/mol. The summed E-state index contributed by atoms with van der Waals surface area (Å²) in [6.45, 7) is 2.43. The molecule has 1 aliphatic heterocycles. The van der Waals surface area contributed by atoms with Crippen LogP contribution >= 0.6 is 12.4 Å². The van der Waals surface area contributed by atoms with Crippen LogP contribution < -0.4 is 0 Å².